The third-order valence-electron chi connectivity index (χ3n) is 2.18. The molecule has 0 saturated carbocycles. The van der Waals surface area contributed by atoms with E-state index in [2.05, 4.69) is 20.8 Å². The van der Waals surface area contributed by atoms with Gasteiger partial charge in [-0.3, -0.25) is 4.55 Å². The first-order valence-electron chi connectivity index (χ1n) is 5.50. The Balaban J connectivity index is 4.62. The van der Waals surface area contributed by atoms with Crippen molar-refractivity contribution in [1.82, 2.24) is 4.72 Å². The van der Waals surface area contributed by atoms with Gasteiger partial charge in [-0.05, 0) is 17.3 Å². The van der Waals surface area contributed by atoms with E-state index in [9.17, 15) is 9.00 Å². The van der Waals surface area contributed by atoms with Crippen LogP contribution in [0.5, 0.6) is 0 Å². The second-order valence-electron chi connectivity index (χ2n) is 6.38. The van der Waals surface area contributed by atoms with Crippen LogP contribution in [0, 0.1) is 10.8 Å². The molecule has 0 aliphatic heterocycles. The average molecular weight is 265 g/mol. The Labute approximate surface area is 106 Å². The average Bonchev–Trinajstić information content (AvgIpc) is 1.96. The van der Waals surface area contributed by atoms with E-state index in [-0.39, 0.29) is 16.9 Å². The first-order chi connectivity index (χ1) is 7.42. The number of amides is 1. The molecule has 0 radical (unpaired) electrons. The van der Waals surface area contributed by atoms with Gasteiger partial charge in [0.05, 0.1) is 0 Å². The standard InChI is InChI=1S/C11H23NO4S/c1-10(2,3)7-8(11(4,5)6)16-9(13)12-17(14)15/h8H,7H2,1-6H3,(H,12,13)(H,14,15). The topological polar surface area (TPSA) is 75.6 Å². The van der Waals surface area contributed by atoms with Gasteiger partial charge in [0.15, 0.2) is 0 Å². The molecule has 0 aliphatic rings. The maximum atomic E-state index is 11.3. The maximum Gasteiger partial charge on any atom is 0.421 e. The van der Waals surface area contributed by atoms with E-state index >= 15 is 0 Å². The zero-order chi connectivity index (χ0) is 13.9. The van der Waals surface area contributed by atoms with Crippen LogP contribution in [0.25, 0.3) is 0 Å². The molecular formula is C11H23NO4S. The molecule has 0 heterocycles. The molecule has 6 heteroatoms. The molecular weight excluding hydrogens is 242 g/mol. The summed E-state index contributed by atoms with van der Waals surface area (Å²) in [4.78, 5) is 11.3. The second kappa shape index (κ2) is 5.82. The molecule has 0 spiro atoms. The van der Waals surface area contributed by atoms with E-state index in [0.717, 1.165) is 0 Å². The van der Waals surface area contributed by atoms with Gasteiger partial charge in [0.1, 0.15) is 6.10 Å². The van der Waals surface area contributed by atoms with Crippen LogP contribution in [0.3, 0.4) is 0 Å². The summed E-state index contributed by atoms with van der Waals surface area (Å²) in [5, 5.41) is 0. The first kappa shape index (κ1) is 16.4. The third kappa shape index (κ3) is 8.15. The van der Waals surface area contributed by atoms with Crippen LogP contribution in [0.1, 0.15) is 48.0 Å². The molecule has 102 valence electrons. The molecule has 2 N–H and O–H groups in total. The van der Waals surface area contributed by atoms with Crippen molar-refractivity contribution in [2.45, 2.75) is 54.1 Å². The summed E-state index contributed by atoms with van der Waals surface area (Å²) in [6, 6.07) is 0. The summed E-state index contributed by atoms with van der Waals surface area (Å²) in [6.45, 7) is 12.1. The van der Waals surface area contributed by atoms with Gasteiger partial charge < -0.3 is 4.74 Å². The fourth-order valence-electron chi connectivity index (χ4n) is 1.31. The van der Waals surface area contributed by atoms with Crippen molar-refractivity contribution in [3.63, 3.8) is 0 Å². The summed E-state index contributed by atoms with van der Waals surface area (Å²) < 4.78 is 26.0. The lowest BCUT2D eigenvalue weighted by atomic mass is 9.78. The largest absolute Gasteiger partial charge is 0.445 e. The van der Waals surface area contributed by atoms with Gasteiger partial charge in [-0.25, -0.2) is 13.7 Å². The van der Waals surface area contributed by atoms with Gasteiger partial charge in [0, 0.05) is 0 Å². The van der Waals surface area contributed by atoms with Crippen molar-refractivity contribution in [1.29, 1.82) is 0 Å². The molecule has 0 fully saturated rings. The van der Waals surface area contributed by atoms with Crippen molar-refractivity contribution in [2.24, 2.45) is 10.8 Å². The van der Waals surface area contributed by atoms with Crippen molar-refractivity contribution < 1.29 is 18.3 Å². The number of nitrogens with one attached hydrogen (secondary N) is 1. The Morgan fingerprint density at radius 3 is 2.06 bits per heavy atom. The highest BCUT2D eigenvalue weighted by Gasteiger charge is 2.32. The van der Waals surface area contributed by atoms with Crippen LogP contribution >= 0.6 is 0 Å². The molecule has 0 saturated heterocycles. The predicted molar refractivity (Wildman–Crippen MR) is 67.7 cm³/mol. The summed E-state index contributed by atoms with van der Waals surface area (Å²) in [5.41, 5.74) is -0.210. The van der Waals surface area contributed by atoms with Crippen molar-refractivity contribution >= 4 is 17.4 Å². The fraction of sp³-hybridized carbons (Fsp3) is 0.909. The first-order valence-corrected chi connectivity index (χ1v) is 6.60. The van der Waals surface area contributed by atoms with Crippen LogP contribution < -0.4 is 4.72 Å². The molecule has 0 aromatic carbocycles. The van der Waals surface area contributed by atoms with Gasteiger partial charge in [-0.15, -0.1) is 0 Å². The Bertz CT molecular complexity index is 291. The lowest BCUT2D eigenvalue weighted by molar-refractivity contribution is 0.00890. The van der Waals surface area contributed by atoms with Gasteiger partial charge in [0.25, 0.3) is 11.3 Å². The molecule has 0 bridgehead atoms. The summed E-state index contributed by atoms with van der Waals surface area (Å²) >= 11 is -2.39. The van der Waals surface area contributed by atoms with Crippen molar-refractivity contribution in [2.75, 3.05) is 0 Å². The Morgan fingerprint density at radius 2 is 1.76 bits per heavy atom. The minimum atomic E-state index is -2.39. The van der Waals surface area contributed by atoms with Gasteiger partial charge in [0.2, 0.25) is 0 Å². The quantitative estimate of drug-likeness (QED) is 0.769. The zero-order valence-electron chi connectivity index (χ0n) is 11.4. The van der Waals surface area contributed by atoms with E-state index in [0.29, 0.717) is 6.42 Å². The summed E-state index contributed by atoms with van der Waals surface area (Å²) in [7, 11) is 0. The Hall–Kier alpha value is -0.620. The molecule has 1 amide bonds. The lowest BCUT2D eigenvalue weighted by Gasteiger charge is -2.34. The number of hydrogen-bond acceptors (Lipinski definition) is 3. The zero-order valence-corrected chi connectivity index (χ0v) is 12.2. The Kier molecular flexibility index (Phi) is 5.61. The van der Waals surface area contributed by atoms with Crippen molar-refractivity contribution in [3.8, 4) is 0 Å². The summed E-state index contributed by atoms with van der Waals surface area (Å²) in [6.07, 6.45) is -0.497. The van der Waals surface area contributed by atoms with E-state index in [1.165, 1.54) is 0 Å². The third-order valence-corrected chi connectivity index (χ3v) is 2.52. The SMILES string of the molecule is CC(C)(C)CC(OC(=O)NS(=O)O)C(C)(C)C. The van der Waals surface area contributed by atoms with Crippen LogP contribution in [0.4, 0.5) is 4.79 Å². The van der Waals surface area contributed by atoms with Crippen LogP contribution in [-0.4, -0.2) is 21.0 Å². The van der Waals surface area contributed by atoms with E-state index in [4.69, 9.17) is 9.29 Å². The molecule has 0 aliphatic carbocycles. The van der Waals surface area contributed by atoms with Crippen LogP contribution in [-0.2, 0) is 16.0 Å². The smallest absolute Gasteiger partial charge is 0.421 e. The summed E-state index contributed by atoms with van der Waals surface area (Å²) in [5.74, 6) is 0. The minimum absolute atomic E-state index is 0.0105. The van der Waals surface area contributed by atoms with Crippen molar-refractivity contribution in [3.05, 3.63) is 0 Å². The highest BCUT2D eigenvalue weighted by Crippen LogP contribution is 2.32. The maximum absolute atomic E-state index is 11.3. The van der Waals surface area contributed by atoms with E-state index in [1.54, 1.807) is 4.72 Å². The highest BCUT2D eigenvalue weighted by atomic mass is 32.2. The predicted octanol–water partition coefficient (Wildman–Crippen LogP) is 2.70. The molecule has 5 nitrogen and oxygen atoms in total. The van der Waals surface area contributed by atoms with Crippen LogP contribution in [0.15, 0.2) is 0 Å². The fourth-order valence-corrected chi connectivity index (χ4v) is 1.50. The van der Waals surface area contributed by atoms with E-state index in [1.807, 2.05) is 20.8 Å². The number of carbonyl (C=O) groups excluding carboxylic acids is 1. The number of rotatable bonds is 3. The minimum Gasteiger partial charge on any atom is -0.445 e. The number of hydrogen-bond donors (Lipinski definition) is 2. The molecule has 0 aromatic heterocycles. The van der Waals surface area contributed by atoms with Gasteiger partial charge in [-0.2, -0.15) is 0 Å². The lowest BCUT2D eigenvalue weighted by Crippen LogP contribution is -2.38. The molecule has 0 rings (SSSR count). The number of ether oxygens (including phenoxy) is 1. The Morgan fingerprint density at radius 1 is 1.29 bits per heavy atom. The van der Waals surface area contributed by atoms with Crippen LogP contribution in [0.2, 0.25) is 0 Å². The molecule has 0 aromatic rings. The number of carbonyl (C=O) groups is 1. The van der Waals surface area contributed by atoms with Gasteiger partial charge in [-0.1, -0.05) is 41.5 Å². The highest BCUT2D eigenvalue weighted by molar-refractivity contribution is 7.77. The molecule has 2 unspecified atom stereocenters. The monoisotopic (exact) mass is 265 g/mol. The molecule has 17 heavy (non-hydrogen) atoms. The van der Waals surface area contributed by atoms with Gasteiger partial charge >= 0.3 is 6.09 Å². The second-order valence-corrected chi connectivity index (χ2v) is 7.08. The van der Waals surface area contributed by atoms with E-state index < -0.39 is 17.4 Å². The normalized spacial score (nSPS) is 16.2. The molecule has 2 atom stereocenters.